The van der Waals surface area contributed by atoms with Gasteiger partial charge in [0.25, 0.3) is 5.91 Å². The van der Waals surface area contributed by atoms with Gasteiger partial charge in [0.1, 0.15) is 5.75 Å². The number of carbonyl (C=O) groups excluding carboxylic acids is 2. The van der Waals surface area contributed by atoms with E-state index >= 15 is 0 Å². The lowest BCUT2D eigenvalue weighted by molar-refractivity contribution is 0.0661. The molecule has 0 atom stereocenters. The first-order valence-corrected chi connectivity index (χ1v) is 7.66. The van der Waals surface area contributed by atoms with Crippen molar-refractivity contribution in [2.45, 2.75) is 0 Å². The highest BCUT2D eigenvalue weighted by Gasteiger charge is 2.28. The van der Waals surface area contributed by atoms with Crippen LogP contribution in [0.1, 0.15) is 10.5 Å². The normalized spacial score (nSPS) is 14.3. The Balaban J connectivity index is 1.55. The van der Waals surface area contributed by atoms with Crippen LogP contribution in [0.15, 0.2) is 28.9 Å². The molecule has 0 radical (unpaired) electrons. The van der Waals surface area contributed by atoms with Crippen molar-refractivity contribution in [1.29, 1.82) is 0 Å². The van der Waals surface area contributed by atoms with Crippen LogP contribution >= 0.6 is 0 Å². The maximum absolute atomic E-state index is 12.3. The number of nitrogen functional groups attached to an aromatic ring is 1. The van der Waals surface area contributed by atoms with E-state index in [4.69, 9.17) is 10.5 Å². The molecule has 132 valence electrons. The molecule has 1 aliphatic heterocycles. The van der Waals surface area contributed by atoms with Crippen molar-refractivity contribution in [1.82, 2.24) is 20.1 Å². The smallest absolute Gasteiger partial charge is 0.321 e. The molecule has 10 nitrogen and oxygen atoms in total. The third kappa shape index (κ3) is 3.62. The second-order valence-electron chi connectivity index (χ2n) is 5.44. The summed E-state index contributed by atoms with van der Waals surface area (Å²) in [6.07, 6.45) is 0. The second kappa shape index (κ2) is 7.07. The number of hydrogen-bond acceptors (Lipinski definition) is 7. The van der Waals surface area contributed by atoms with Crippen molar-refractivity contribution < 1.29 is 19.0 Å². The standard InChI is InChI=1S/C15H18N6O4/c1-24-11-4-2-3-10(9-11)17-15(23)21-7-5-20(6-8-21)14(22)12-13(16)19-25-18-12/h2-4,9H,5-8H2,1H3,(H2,16,19)(H,17,23). The van der Waals surface area contributed by atoms with Gasteiger partial charge in [0.2, 0.25) is 11.5 Å². The summed E-state index contributed by atoms with van der Waals surface area (Å²) in [6, 6.07) is 6.87. The molecule has 3 rings (SSSR count). The predicted molar refractivity (Wildman–Crippen MR) is 88.2 cm³/mol. The van der Waals surface area contributed by atoms with Crippen LogP contribution in [0.3, 0.4) is 0 Å². The number of aromatic nitrogens is 2. The van der Waals surface area contributed by atoms with Crippen LogP contribution < -0.4 is 15.8 Å². The number of amides is 3. The second-order valence-corrected chi connectivity index (χ2v) is 5.44. The van der Waals surface area contributed by atoms with Crippen molar-refractivity contribution in [3.8, 4) is 5.75 Å². The minimum absolute atomic E-state index is 0.00529. The number of hydrogen-bond donors (Lipinski definition) is 2. The first-order chi connectivity index (χ1) is 12.1. The molecule has 1 aliphatic rings. The lowest BCUT2D eigenvalue weighted by atomic mass is 10.2. The monoisotopic (exact) mass is 346 g/mol. The molecule has 0 spiro atoms. The van der Waals surface area contributed by atoms with Crippen molar-refractivity contribution in [3.05, 3.63) is 30.0 Å². The number of nitrogens with two attached hydrogens (primary N) is 1. The maximum atomic E-state index is 12.3. The van der Waals surface area contributed by atoms with E-state index in [1.807, 2.05) is 0 Å². The van der Waals surface area contributed by atoms with E-state index in [1.54, 1.807) is 41.2 Å². The number of ether oxygens (including phenoxy) is 1. The van der Waals surface area contributed by atoms with Gasteiger partial charge in [-0.3, -0.25) is 4.79 Å². The fraction of sp³-hybridized carbons (Fsp3) is 0.333. The van der Waals surface area contributed by atoms with Crippen LogP contribution in [-0.4, -0.2) is 65.3 Å². The number of urea groups is 1. The Kier molecular flexibility index (Phi) is 4.68. The number of anilines is 2. The highest BCUT2D eigenvalue weighted by molar-refractivity contribution is 5.96. The van der Waals surface area contributed by atoms with Gasteiger partial charge in [-0.15, -0.1) is 0 Å². The van der Waals surface area contributed by atoms with Gasteiger partial charge in [0.15, 0.2) is 0 Å². The van der Waals surface area contributed by atoms with Gasteiger partial charge < -0.3 is 25.6 Å². The van der Waals surface area contributed by atoms with Crippen molar-refractivity contribution in [2.24, 2.45) is 0 Å². The molecule has 10 heteroatoms. The zero-order chi connectivity index (χ0) is 17.8. The lowest BCUT2D eigenvalue weighted by Gasteiger charge is -2.34. The summed E-state index contributed by atoms with van der Waals surface area (Å²) >= 11 is 0. The number of carbonyl (C=O) groups is 2. The topological polar surface area (TPSA) is 127 Å². The van der Waals surface area contributed by atoms with E-state index in [0.29, 0.717) is 37.6 Å². The van der Waals surface area contributed by atoms with Gasteiger partial charge in [-0.2, -0.15) is 0 Å². The van der Waals surface area contributed by atoms with Gasteiger partial charge in [0, 0.05) is 37.9 Å². The van der Waals surface area contributed by atoms with E-state index in [2.05, 4.69) is 20.3 Å². The molecule has 1 saturated heterocycles. The maximum Gasteiger partial charge on any atom is 0.321 e. The van der Waals surface area contributed by atoms with E-state index in [-0.39, 0.29) is 23.5 Å². The Morgan fingerprint density at radius 2 is 1.92 bits per heavy atom. The fourth-order valence-corrected chi connectivity index (χ4v) is 2.51. The summed E-state index contributed by atoms with van der Waals surface area (Å²) in [6.45, 7) is 1.53. The molecule has 1 aromatic heterocycles. The van der Waals surface area contributed by atoms with E-state index in [9.17, 15) is 9.59 Å². The van der Waals surface area contributed by atoms with Gasteiger partial charge in [0.05, 0.1) is 7.11 Å². The predicted octanol–water partition coefficient (Wildman–Crippen LogP) is 0.650. The van der Waals surface area contributed by atoms with E-state index in [1.165, 1.54) is 0 Å². The molecule has 1 aromatic carbocycles. The summed E-state index contributed by atoms with van der Waals surface area (Å²) < 4.78 is 9.57. The molecular weight excluding hydrogens is 328 g/mol. The number of piperazine rings is 1. The van der Waals surface area contributed by atoms with Crippen molar-refractivity contribution >= 4 is 23.4 Å². The molecule has 3 amide bonds. The van der Waals surface area contributed by atoms with Crippen LogP contribution in [0.2, 0.25) is 0 Å². The SMILES string of the molecule is COc1cccc(NC(=O)N2CCN(C(=O)c3nonc3N)CC2)c1. The number of rotatable bonds is 3. The van der Waals surface area contributed by atoms with Gasteiger partial charge >= 0.3 is 6.03 Å². The van der Waals surface area contributed by atoms with Crippen LogP contribution in [0, 0.1) is 0 Å². The molecule has 0 saturated carbocycles. The minimum Gasteiger partial charge on any atom is -0.497 e. The zero-order valence-corrected chi connectivity index (χ0v) is 13.6. The molecule has 0 bridgehead atoms. The van der Waals surface area contributed by atoms with E-state index < -0.39 is 0 Å². The van der Waals surface area contributed by atoms with Gasteiger partial charge in [-0.1, -0.05) is 6.07 Å². The third-order valence-corrected chi connectivity index (χ3v) is 3.89. The van der Waals surface area contributed by atoms with Crippen LogP contribution in [0.25, 0.3) is 0 Å². The zero-order valence-electron chi connectivity index (χ0n) is 13.6. The Labute approximate surface area is 143 Å². The minimum atomic E-state index is -0.355. The van der Waals surface area contributed by atoms with Gasteiger partial charge in [-0.25, -0.2) is 9.42 Å². The van der Waals surface area contributed by atoms with Crippen LogP contribution in [0.4, 0.5) is 16.3 Å². The van der Waals surface area contributed by atoms with Crippen LogP contribution in [0.5, 0.6) is 5.75 Å². The third-order valence-electron chi connectivity index (χ3n) is 3.89. The molecule has 1 fully saturated rings. The highest BCUT2D eigenvalue weighted by Crippen LogP contribution is 2.18. The molecule has 2 heterocycles. The first-order valence-electron chi connectivity index (χ1n) is 7.66. The van der Waals surface area contributed by atoms with Crippen molar-refractivity contribution in [2.75, 3.05) is 44.3 Å². The lowest BCUT2D eigenvalue weighted by Crippen LogP contribution is -2.51. The summed E-state index contributed by atoms with van der Waals surface area (Å²) in [5.41, 5.74) is 6.17. The number of methoxy groups -OCH3 is 1. The average molecular weight is 346 g/mol. The Morgan fingerprint density at radius 3 is 2.56 bits per heavy atom. The molecule has 0 unspecified atom stereocenters. The molecule has 3 N–H and O–H groups in total. The number of nitrogens with zero attached hydrogens (tertiary/aromatic N) is 4. The first kappa shape index (κ1) is 16.6. The number of benzene rings is 1. The largest absolute Gasteiger partial charge is 0.497 e. The summed E-state index contributed by atoms with van der Waals surface area (Å²) in [5, 5.41) is 9.72. The molecule has 2 aromatic rings. The Bertz CT molecular complexity index is 769. The quantitative estimate of drug-likeness (QED) is 0.835. The molecule has 25 heavy (non-hydrogen) atoms. The Morgan fingerprint density at radius 1 is 1.20 bits per heavy atom. The summed E-state index contributed by atoms with van der Waals surface area (Å²) in [5.74, 6) is 0.266. The van der Waals surface area contributed by atoms with Gasteiger partial charge in [-0.05, 0) is 22.4 Å². The fourth-order valence-electron chi connectivity index (χ4n) is 2.51. The van der Waals surface area contributed by atoms with Crippen LogP contribution in [-0.2, 0) is 0 Å². The summed E-state index contributed by atoms with van der Waals surface area (Å²) in [7, 11) is 1.56. The van der Waals surface area contributed by atoms with E-state index in [0.717, 1.165) is 0 Å². The van der Waals surface area contributed by atoms with Crippen molar-refractivity contribution in [3.63, 3.8) is 0 Å². The molecule has 0 aliphatic carbocycles. The Hall–Kier alpha value is -3.30. The average Bonchev–Trinajstić information content (AvgIpc) is 3.07. The molecular formula is C15H18N6O4. The number of nitrogens with one attached hydrogen (secondary N) is 1. The summed E-state index contributed by atoms with van der Waals surface area (Å²) in [4.78, 5) is 27.8. The highest BCUT2D eigenvalue weighted by atomic mass is 16.6.